The summed E-state index contributed by atoms with van der Waals surface area (Å²) in [6.45, 7) is 6.59. The van der Waals surface area contributed by atoms with Gasteiger partial charge in [-0.25, -0.2) is 0 Å². The van der Waals surface area contributed by atoms with E-state index < -0.39 is 0 Å². The first-order valence-electron chi connectivity index (χ1n) is 9.24. The molecule has 0 spiro atoms. The minimum absolute atomic E-state index is 0.803. The Hall–Kier alpha value is -1.54. The van der Waals surface area contributed by atoms with Crippen molar-refractivity contribution in [2.45, 2.75) is 45.4 Å². The highest BCUT2D eigenvalue weighted by atomic mass is 16.5. The number of aryl methyl sites for hydroxylation is 1. The van der Waals surface area contributed by atoms with Gasteiger partial charge in [-0.2, -0.15) is 0 Å². The van der Waals surface area contributed by atoms with Gasteiger partial charge >= 0.3 is 0 Å². The van der Waals surface area contributed by atoms with Gasteiger partial charge in [0.25, 0.3) is 0 Å². The van der Waals surface area contributed by atoms with E-state index >= 15 is 0 Å². The molecule has 0 unspecified atom stereocenters. The Morgan fingerprint density at radius 1 is 1.00 bits per heavy atom. The predicted molar refractivity (Wildman–Crippen MR) is 98.3 cm³/mol. The fraction of sp³-hybridized carbons (Fsp3) is 0.524. The van der Waals surface area contributed by atoms with Crippen LogP contribution in [0.15, 0.2) is 36.4 Å². The van der Waals surface area contributed by atoms with E-state index in [9.17, 15) is 0 Å². The number of ether oxygens (including phenoxy) is 1. The minimum Gasteiger partial charge on any atom is -0.492 e. The summed E-state index contributed by atoms with van der Waals surface area (Å²) in [5.74, 6) is 1.09. The maximum atomic E-state index is 6.20. The summed E-state index contributed by atoms with van der Waals surface area (Å²) < 4.78 is 6.20. The van der Waals surface area contributed by atoms with Crippen molar-refractivity contribution in [3.63, 3.8) is 0 Å². The fourth-order valence-corrected chi connectivity index (χ4v) is 3.53. The second kappa shape index (κ2) is 8.35. The van der Waals surface area contributed by atoms with Crippen LogP contribution in [-0.2, 0) is 6.42 Å². The zero-order chi connectivity index (χ0) is 15.9. The lowest BCUT2D eigenvalue weighted by atomic mass is 9.99. The van der Waals surface area contributed by atoms with Gasteiger partial charge in [-0.15, -0.1) is 0 Å². The minimum atomic E-state index is 0.803. The molecule has 1 fully saturated rings. The standard InChI is InChI=1S/C21H29NO/c1-2-3-10-20-19-11-6-5-9-18(19)12-13-21(20)23-17-16-22-14-7-4-8-15-22/h5-6,9,11-13H,2-4,7-8,10,14-17H2,1H3. The molecule has 2 aromatic rings. The number of hydrogen-bond acceptors (Lipinski definition) is 2. The van der Waals surface area contributed by atoms with Crippen molar-refractivity contribution in [1.29, 1.82) is 0 Å². The van der Waals surface area contributed by atoms with Crippen LogP contribution >= 0.6 is 0 Å². The third-order valence-corrected chi connectivity index (χ3v) is 4.89. The van der Waals surface area contributed by atoms with E-state index in [1.165, 1.54) is 61.5 Å². The van der Waals surface area contributed by atoms with Gasteiger partial charge in [-0.3, -0.25) is 4.90 Å². The van der Waals surface area contributed by atoms with Gasteiger partial charge in [0.05, 0.1) is 0 Å². The van der Waals surface area contributed by atoms with Gasteiger partial charge in [0.2, 0.25) is 0 Å². The highest BCUT2D eigenvalue weighted by Crippen LogP contribution is 2.29. The number of benzene rings is 2. The molecule has 1 aliphatic rings. The molecule has 0 aliphatic carbocycles. The summed E-state index contributed by atoms with van der Waals surface area (Å²) in [6, 6.07) is 13.0. The SMILES string of the molecule is CCCCc1c(OCCN2CCCCC2)ccc2ccccc12. The Morgan fingerprint density at radius 3 is 2.65 bits per heavy atom. The van der Waals surface area contributed by atoms with E-state index in [4.69, 9.17) is 4.74 Å². The van der Waals surface area contributed by atoms with Crippen molar-refractivity contribution in [3.8, 4) is 5.75 Å². The number of rotatable bonds is 7. The summed E-state index contributed by atoms with van der Waals surface area (Å²) in [4.78, 5) is 2.54. The Bertz CT molecular complexity index is 616. The van der Waals surface area contributed by atoms with Crippen LogP contribution in [0.25, 0.3) is 10.8 Å². The zero-order valence-electron chi connectivity index (χ0n) is 14.4. The van der Waals surface area contributed by atoms with Gasteiger partial charge in [-0.1, -0.05) is 50.1 Å². The molecular weight excluding hydrogens is 282 g/mol. The molecular formula is C21H29NO. The van der Waals surface area contributed by atoms with Crippen molar-refractivity contribution >= 4 is 10.8 Å². The van der Waals surface area contributed by atoms with Gasteiger partial charge in [0.15, 0.2) is 0 Å². The Balaban J connectivity index is 1.70. The van der Waals surface area contributed by atoms with E-state index in [0.717, 1.165) is 25.3 Å². The van der Waals surface area contributed by atoms with E-state index in [0.29, 0.717) is 0 Å². The van der Waals surface area contributed by atoms with Crippen molar-refractivity contribution < 1.29 is 4.74 Å². The fourth-order valence-electron chi connectivity index (χ4n) is 3.53. The third kappa shape index (κ3) is 4.26. The van der Waals surface area contributed by atoms with Crippen LogP contribution in [0.2, 0.25) is 0 Å². The van der Waals surface area contributed by atoms with Gasteiger partial charge in [0, 0.05) is 12.1 Å². The number of fused-ring (bicyclic) bond motifs is 1. The molecule has 3 rings (SSSR count). The lowest BCUT2D eigenvalue weighted by Crippen LogP contribution is -2.33. The number of likely N-dealkylation sites (tertiary alicyclic amines) is 1. The highest BCUT2D eigenvalue weighted by Gasteiger charge is 2.12. The van der Waals surface area contributed by atoms with E-state index in [1.54, 1.807) is 0 Å². The molecule has 2 heteroatoms. The first kappa shape index (κ1) is 16.3. The average molecular weight is 311 g/mol. The molecule has 1 aliphatic heterocycles. The molecule has 124 valence electrons. The number of hydrogen-bond donors (Lipinski definition) is 0. The summed E-state index contributed by atoms with van der Waals surface area (Å²) >= 11 is 0. The number of unbranched alkanes of at least 4 members (excludes halogenated alkanes) is 1. The Labute approximate surface area is 140 Å². The Morgan fingerprint density at radius 2 is 1.83 bits per heavy atom. The predicted octanol–water partition coefficient (Wildman–Crippen LogP) is 5.05. The highest BCUT2D eigenvalue weighted by molar-refractivity contribution is 5.87. The monoisotopic (exact) mass is 311 g/mol. The first-order chi connectivity index (χ1) is 11.4. The van der Waals surface area contributed by atoms with Crippen molar-refractivity contribution in [3.05, 3.63) is 42.0 Å². The second-order valence-corrected chi connectivity index (χ2v) is 6.62. The molecule has 2 nitrogen and oxygen atoms in total. The van der Waals surface area contributed by atoms with Gasteiger partial charge in [-0.05, 0) is 55.6 Å². The van der Waals surface area contributed by atoms with Crippen LogP contribution in [0.1, 0.15) is 44.6 Å². The lowest BCUT2D eigenvalue weighted by Gasteiger charge is -2.26. The van der Waals surface area contributed by atoms with Crippen LogP contribution < -0.4 is 4.74 Å². The van der Waals surface area contributed by atoms with E-state index in [2.05, 4.69) is 48.2 Å². The summed E-state index contributed by atoms with van der Waals surface area (Å²) in [5.41, 5.74) is 1.39. The Kier molecular flexibility index (Phi) is 5.93. The van der Waals surface area contributed by atoms with E-state index in [1.807, 2.05) is 0 Å². The molecule has 0 N–H and O–H groups in total. The third-order valence-electron chi connectivity index (χ3n) is 4.89. The molecule has 2 aromatic carbocycles. The zero-order valence-corrected chi connectivity index (χ0v) is 14.4. The van der Waals surface area contributed by atoms with Gasteiger partial charge < -0.3 is 4.74 Å². The van der Waals surface area contributed by atoms with Crippen molar-refractivity contribution in [2.24, 2.45) is 0 Å². The number of nitrogens with zero attached hydrogens (tertiary/aromatic N) is 1. The van der Waals surface area contributed by atoms with Crippen LogP contribution in [0.4, 0.5) is 0 Å². The maximum Gasteiger partial charge on any atom is 0.123 e. The quantitative estimate of drug-likeness (QED) is 0.709. The van der Waals surface area contributed by atoms with Crippen molar-refractivity contribution in [2.75, 3.05) is 26.2 Å². The number of piperidine rings is 1. The normalized spacial score (nSPS) is 15.9. The first-order valence-corrected chi connectivity index (χ1v) is 9.24. The summed E-state index contributed by atoms with van der Waals surface area (Å²) in [6.07, 6.45) is 7.63. The van der Waals surface area contributed by atoms with E-state index in [-0.39, 0.29) is 0 Å². The second-order valence-electron chi connectivity index (χ2n) is 6.62. The summed E-state index contributed by atoms with van der Waals surface area (Å²) in [7, 11) is 0. The van der Waals surface area contributed by atoms with Crippen LogP contribution in [0, 0.1) is 0 Å². The molecule has 1 heterocycles. The molecule has 0 atom stereocenters. The molecule has 0 amide bonds. The average Bonchev–Trinajstić information content (AvgIpc) is 2.61. The van der Waals surface area contributed by atoms with Crippen LogP contribution in [0.5, 0.6) is 5.75 Å². The lowest BCUT2D eigenvalue weighted by molar-refractivity contribution is 0.183. The summed E-state index contributed by atoms with van der Waals surface area (Å²) in [5, 5.41) is 2.68. The molecule has 0 bridgehead atoms. The molecule has 0 radical (unpaired) electrons. The smallest absolute Gasteiger partial charge is 0.123 e. The van der Waals surface area contributed by atoms with Crippen molar-refractivity contribution in [1.82, 2.24) is 4.90 Å². The largest absolute Gasteiger partial charge is 0.492 e. The molecule has 0 aromatic heterocycles. The van der Waals surface area contributed by atoms with Gasteiger partial charge in [0.1, 0.15) is 12.4 Å². The molecule has 23 heavy (non-hydrogen) atoms. The molecule has 0 saturated carbocycles. The topological polar surface area (TPSA) is 12.5 Å². The van der Waals surface area contributed by atoms with Crippen LogP contribution in [0.3, 0.4) is 0 Å². The van der Waals surface area contributed by atoms with Crippen LogP contribution in [-0.4, -0.2) is 31.1 Å². The maximum absolute atomic E-state index is 6.20. The molecule has 1 saturated heterocycles.